The van der Waals surface area contributed by atoms with E-state index >= 15 is 0 Å². The van der Waals surface area contributed by atoms with Crippen molar-refractivity contribution < 1.29 is 0 Å². The van der Waals surface area contributed by atoms with Crippen molar-refractivity contribution in [3.8, 4) is 12.1 Å². The van der Waals surface area contributed by atoms with Crippen molar-refractivity contribution in [1.82, 2.24) is 0 Å². The monoisotopic (exact) mass is 186 g/mol. The lowest BCUT2D eigenvalue weighted by molar-refractivity contribution is 0.276. The van der Waals surface area contributed by atoms with Gasteiger partial charge in [-0.05, 0) is 43.1 Å². The fraction of sp³-hybridized carbons (Fsp3) is 0.667. The standard InChI is InChI=1S/C12H14N2/c13-7-11(8-14)12-9-3-1-4-10(12)6-2-5-9/h9-10H,1-6H2. The largest absolute Gasteiger partial charge is 0.192 e. The maximum atomic E-state index is 8.90. The number of nitriles is 2. The van der Waals surface area contributed by atoms with E-state index in [9.17, 15) is 0 Å². The third-order valence-electron chi connectivity index (χ3n) is 3.60. The van der Waals surface area contributed by atoms with Crippen molar-refractivity contribution in [2.75, 3.05) is 0 Å². The van der Waals surface area contributed by atoms with Gasteiger partial charge in [-0.15, -0.1) is 0 Å². The molecule has 0 spiro atoms. The Morgan fingerprint density at radius 1 is 0.929 bits per heavy atom. The van der Waals surface area contributed by atoms with E-state index in [2.05, 4.69) is 12.1 Å². The molecular weight excluding hydrogens is 172 g/mol. The predicted octanol–water partition coefficient (Wildman–Crippen LogP) is 2.93. The molecule has 2 aliphatic carbocycles. The van der Waals surface area contributed by atoms with Gasteiger partial charge in [-0.3, -0.25) is 0 Å². The molecule has 0 amide bonds. The summed E-state index contributed by atoms with van der Waals surface area (Å²) in [5.41, 5.74) is 1.62. The van der Waals surface area contributed by atoms with Crippen molar-refractivity contribution >= 4 is 0 Å². The molecule has 2 saturated carbocycles. The van der Waals surface area contributed by atoms with Gasteiger partial charge in [0, 0.05) is 0 Å². The Balaban J connectivity index is 2.38. The summed E-state index contributed by atoms with van der Waals surface area (Å²) in [6.45, 7) is 0. The van der Waals surface area contributed by atoms with Gasteiger partial charge in [0.25, 0.3) is 0 Å². The zero-order chi connectivity index (χ0) is 9.97. The molecule has 0 N–H and O–H groups in total. The van der Waals surface area contributed by atoms with Crippen LogP contribution in [0.4, 0.5) is 0 Å². The van der Waals surface area contributed by atoms with Crippen molar-refractivity contribution in [1.29, 1.82) is 10.5 Å². The summed E-state index contributed by atoms with van der Waals surface area (Å²) in [5, 5.41) is 17.8. The Bertz CT molecular complexity index is 300. The number of hydrogen-bond acceptors (Lipinski definition) is 2. The smallest absolute Gasteiger partial charge is 0.129 e. The lowest BCUT2D eigenvalue weighted by Crippen LogP contribution is -2.25. The van der Waals surface area contributed by atoms with Crippen molar-refractivity contribution in [3.05, 3.63) is 11.1 Å². The molecule has 0 heterocycles. The van der Waals surface area contributed by atoms with E-state index in [-0.39, 0.29) is 0 Å². The number of nitrogens with zero attached hydrogens (tertiary/aromatic N) is 2. The molecule has 72 valence electrons. The summed E-state index contributed by atoms with van der Waals surface area (Å²) in [5.74, 6) is 1.11. The Morgan fingerprint density at radius 3 is 1.71 bits per heavy atom. The summed E-state index contributed by atoms with van der Waals surface area (Å²) in [4.78, 5) is 0. The predicted molar refractivity (Wildman–Crippen MR) is 52.9 cm³/mol. The van der Waals surface area contributed by atoms with Crippen LogP contribution in [-0.2, 0) is 0 Å². The van der Waals surface area contributed by atoms with Crippen LogP contribution in [0.2, 0.25) is 0 Å². The van der Waals surface area contributed by atoms with Crippen LogP contribution in [0.5, 0.6) is 0 Å². The second-order valence-electron chi connectivity index (χ2n) is 4.31. The number of fused-ring (bicyclic) bond motifs is 2. The second-order valence-corrected chi connectivity index (χ2v) is 4.31. The van der Waals surface area contributed by atoms with E-state index in [1.165, 1.54) is 44.1 Å². The molecule has 2 aliphatic rings. The molecule has 2 heteroatoms. The van der Waals surface area contributed by atoms with Gasteiger partial charge in [0.2, 0.25) is 0 Å². The molecule has 2 rings (SSSR count). The van der Waals surface area contributed by atoms with Crippen LogP contribution in [0, 0.1) is 34.5 Å². The highest BCUT2D eigenvalue weighted by atomic mass is 14.4. The molecule has 2 fully saturated rings. The summed E-state index contributed by atoms with van der Waals surface area (Å²) in [6.07, 6.45) is 7.33. The van der Waals surface area contributed by atoms with Crippen LogP contribution in [0.25, 0.3) is 0 Å². The van der Waals surface area contributed by atoms with Gasteiger partial charge >= 0.3 is 0 Å². The van der Waals surface area contributed by atoms with Crippen LogP contribution in [0.1, 0.15) is 38.5 Å². The summed E-state index contributed by atoms with van der Waals surface area (Å²) < 4.78 is 0. The first-order valence-corrected chi connectivity index (χ1v) is 5.41. The van der Waals surface area contributed by atoms with Crippen molar-refractivity contribution in [2.24, 2.45) is 11.8 Å². The van der Waals surface area contributed by atoms with E-state index < -0.39 is 0 Å². The molecule has 2 bridgehead atoms. The lowest BCUT2D eigenvalue weighted by Gasteiger charge is -2.37. The summed E-state index contributed by atoms with van der Waals surface area (Å²) in [6, 6.07) is 4.14. The zero-order valence-electron chi connectivity index (χ0n) is 8.29. The average molecular weight is 186 g/mol. The van der Waals surface area contributed by atoms with Crippen molar-refractivity contribution in [2.45, 2.75) is 38.5 Å². The molecule has 2 nitrogen and oxygen atoms in total. The third kappa shape index (κ3) is 1.42. The highest BCUT2D eigenvalue weighted by Gasteiger charge is 2.33. The first-order chi connectivity index (χ1) is 6.86. The number of hydrogen-bond donors (Lipinski definition) is 0. The van der Waals surface area contributed by atoms with Gasteiger partial charge in [-0.25, -0.2) is 0 Å². The molecule has 0 aromatic heterocycles. The zero-order valence-corrected chi connectivity index (χ0v) is 8.29. The van der Waals surface area contributed by atoms with Gasteiger partial charge in [-0.2, -0.15) is 10.5 Å². The van der Waals surface area contributed by atoms with Crippen LogP contribution in [-0.4, -0.2) is 0 Å². The van der Waals surface area contributed by atoms with E-state index in [1.807, 2.05) is 0 Å². The minimum absolute atomic E-state index is 0.416. The van der Waals surface area contributed by atoms with Gasteiger partial charge in [0.15, 0.2) is 0 Å². The first-order valence-electron chi connectivity index (χ1n) is 5.41. The van der Waals surface area contributed by atoms with E-state index in [1.54, 1.807) is 0 Å². The Morgan fingerprint density at radius 2 is 1.36 bits per heavy atom. The maximum Gasteiger partial charge on any atom is 0.129 e. The third-order valence-corrected chi connectivity index (χ3v) is 3.60. The highest BCUT2D eigenvalue weighted by Crippen LogP contribution is 2.45. The molecular formula is C12H14N2. The summed E-state index contributed by atoms with van der Waals surface area (Å²) >= 11 is 0. The van der Waals surface area contributed by atoms with E-state index in [0.29, 0.717) is 17.4 Å². The van der Waals surface area contributed by atoms with E-state index in [0.717, 1.165) is 0 Å². The molecule has 14 heavy (non-hydrogen) atoms. The first kappa shape index (κ1) is 9.28. The van der Waals surface area contributed by atoms with Crippen LogP contribution in [0.15, 0.2) is 11.1 Å². The quantitative estimate of drug-likeness (QED) is 0.546. The fourth-order valence-electron chi connectivity index (χ4n) is 3.03. The average Bonchev–Trinajstić information content (AvgIpc) is 2.19. The topological polar surface area (TPSA) is 47.6 Å². The molecule has 0 atom stereocenters. The van der Waals surface area contributed by atoms with Gasteiger partial charge in [-0.1, -0.05) is 12.8 Å². The Kier molecular flexibility index (Phi) is 2.55. The fourth-order valence-corrected chi connectivity index (χ4v) is 3.03. The van der Waals surface area contributed by atoms with E-state index in [4.69, 9.17) is 10.5 Å². The van der Waals surface area contributed by atoms with Crippen molar-refractivity contribution in [3.63, 3.8) is 0 Å². The molecule has 0 aliphatic heterocycles. The summed E-state index contributed by atoms with van der Waals surface area (Å²) in [7, 11) is 0. The number of allylic oxidation sites excluding steroid dienone is 2. The van der Waals surface area contributed by atoms with Crippen LogP contribution >= 0.6 is 0 Å². The van der Waals surface area contributed by atoms with Gasteiger partial charge in [0.1, 0.15) is 17.7 Å². The van der Waals surface area contributed by atoms with Crippen LogP contribution in [0.3, 0.4) is 0 Å². The van der Waals surface area contributed by atoms with Gasteiger partial charge < -0.3 is 0 Å². The van der Waals surface area contributed by atoms with Crippen LogP contribution < -0.4 is 0 Å². The molecule has 0 aromatic rings. The van der Waals surface area contributed by atoms with Gasteiger partial charge in [0.05, 0.1) is 0 Å². The minimum Gasteiger partial charge on any atom is -0.192 e. The highest BCUT2D eigenvalue weighted by molar-refractivity contribution is 5.43. The Hall–Kier alpha value is -1.28. The Labute approximate surface area is 84.8 Å². The SMILES string of the molecule is N#CC(C#N)=C1C2CCCC1CCC2. The number of rotatable bonds is 0. The molecule has 0 aromatic carbocycles. The molecule has 0 unspecified atom stereocenters. The molecule has 0 saturated heterocycles. The molecule has 0 radical (unpaired) electrons. The maximum absolute atomic E-state index is 8.90. The minimum atomic E-state index is 0.416. The second kappa shape index (κ2) is 3.84. The normalized spacial score (nSPS) is 30.3. The lowest BCUT2D eigenvalue weighted by atomic mass is 9.67.